The molecule has 0 bridgehead atoms. The lowest BCUT2D eigenvalue weighted by Crippen LogP contribution is -2.47. The van der Waals surface area contributed by atoms with Gasteiger partial charge in [-0.25, -0.2) is 0 Å². The van der Waals surface area contributed by atoms with Gasteiger partial charge in [0.05, 0.1) is 0 Å². The lowest BCUT2D eigenvalue weighted by molar-refractivity contribution is 0.273. The summed E-state index contributed by atoms with van der Waals surface area (Å²) >= 11 is 0. The lowest BCUT2D eigenvalue weighted by atomic mass is 9.85. The van der Waals surface area contributed by atoms with Crippen molar-refractivity contribution in [3.05, 3.63) is 54.1 Å². The monoisotopic (exact) mass is 296 g/mol. The Balaban J connectivity index is 1.48. The summed E-state index contributed by atoms with van der Waals surface area (Å²) in [6.07, 6.45) is 6.24. The highest BCUT2D eigenvalue weighted by atomic mass is 15.3. The maximum atomic E-state index is 4.11. The zero-order valence-electron chi connectivity index (χ0n) is 13.8. The second-order valence-corrected chi connectivity index (χ2v) is 6.78. The molecule has 1 saturated heterocycles. The van der Waals surface area contributed by atoms with E-state index < -0.39 is 0 Å². The zero-order chi connectivity index (χ0) is 15.4. The number of anilines is 1. The molecule has 0 radical (unpaired) electrons. The van der Waals surface area contributed by atoms with E-state index in [1.54, 1.807) is 5.57 Å². The highest BCUT2D eigenvalue weighted by Gasteiger charge is 2.20. The molecule has 0 aromatic heterocycles. The van der Waals surface area contributed by atoms with Crippen LogP contribution in [0.15, 0.2) is 54.1 Å². The number of hydrogen-bond acceptors (Lipinski definition) is 2. The summed E-state index contributed by atoms with van der Waals surface area (Å²) in [5, 5.41) is 0. The van der Waals surface area contributed by atoms with E-state index in [-0.39, 0.29) is 0 Å². The normalized spacial score (nSPS) is 23.2. The summed E-state index contributed by atoms with van der Waals surface area (Å²) in [5.74, 6) is 0.721. The van der Waals surface area contributed by atoms with Gasteiger partial charge in [-0.1, -0.05) is 42.0 Å². The van der Waals surface area contributed by atoms with Gasteiger partial charge in [-0.15, -0.1) is 0 Å². The van der Waals surface area contributed by atoms with Gasteiger partial charge in [0.1, 0.15) is 0 Å². The minimum Gasteiger partial charge on any atom is -0.369 e. The van der Waals surface area contributed by atoms with E-state index in [9.17, 15) is 0 Å². The minimum absolute atomic E-state index is 0.721. The van der Waals surface area contributed by atoms with Crippen LogP contribution >= 0.6 is 0 Å². The summed E-state index contributed by atoms with van der Waals surface area (Å²) in [6.45, 7) is 12.1. The molecule has 1 aromatic rings. The van der Waals surface area contributed by atoms with Crippen LogP contribution < -0.4 is 4.90 Å². The molecular formula is C20H28N2. The smallest absolute Gasteiger partial charge is 0.0367 e. The Bertz CT molecular complexity index is 524. The molecule has 0 spiro atoms. The van der Waals surface area contributed by atoms with Gasteiger partial charge in [-0.2, -0.15) is 0 Å². The van der Waals surface area contributed by atoms with E-state index in [1.165, 1.54) is 50.2 Å². The van der Waals surface area contributed by atoms with Crippen LogP contribution in [0.4, 0.5) is 5.69 Å². The average Bonchev–Trinajstić information content (AvgIpc) is 2.57. The van der Waals surface area contributed by atoms with Gasteiger partial charge in [-0.05, 0) is 44.2 Å². The Morgan fingerprint density at radius 3 is 2.45 bits per heavy atom. The molecule has 2 heteroatoms. The van der Waals surface area contributed by atoms with Gasteiger partial charge in [0.2, 0.25) is 0 Å². The Hall–Kier alpha value is -1.54. The topological polar surface area (TPSA) is 6.48 Å². The predicted octanol–water partition coefficient (Wildman–Crippen LogP) is 4.11. The number of nitrogens with zero attached hydrogens (tertiary/aromatic N) is 2. The third-order valence-electron chi connectivity index (χ3n) is 5.12. The first-order valence-electron chi connectivity index (χ1n) is 8.58. The van der Waals surface area contributed by atoms with Crippen LogP contribution in [0.25, 0.3) is 0 Å². The molecule has 0 amide bonds. The molecule has 1 heterocycles. The highest BCUT2D eigenvalue weighted by molar-refractivity contribution is 5.46. The zero-order valence-corrected chi connectivity index (χ0v) is 13.8. The summed E-state index contributed by atoms with van der Waals surface area (Å²) in [4.78, 5) is 5.12. The average molecular weight is 296 g/mol. The van der Waals surface area contributed by atoms with Crippen molar-refractivity contribution in [3.63, 3.8) is 0 Å². The molecule has 1 aliphatic carbocycles. The van der Waals surface area contributed by atoms with Crippen molar-refractivity contribution < 1.29 is 0 Å². The molecule has 22 heavy (non-hydrogen) atoms. The molecule has 2 aliphatic rings. The van der Waals surface area contributed by atoms with Crippen molar-refractivity contribution in [2.24, 2.45) is 5.92 Å². The molecule has 118 valence electrons. The fraction of sp³-hybridized carbons (Fsp3) is 0.500. The van der Waals surface area contributed by atoms with Crippen molar-refractivity contribution in [1.82, 2.24) is 4.90 Å². The number of rotatable bonds is 4. The first-order chi connectivity index (χ1) is 10.7. The summed E-state index contributed by atoms with van der Waals surface area (Å²) in [6, 6.07) is 10.8. The first-order valence-corrected chi connectivity index (χ1v) is 8.58. The van der Waals surface area contributed by atoms with E-state index in [0.29, 0.717) is 0 Å². The molecule has 0 saturated carbocycles. The Kier molecular flexibility index (Phi) is 4.99. The van der Waals surface area contributed by atoms with Gasteiger partial charge >= 0.3 is 0 Å². The summed E-state index contributed by atoms with van der Waals surface area (Å²) in [5.41, 5.74) is 4.36. The van der Waals surface area contributed by atoms with Crippen LogP contribution in [-0.2, 0) is 0 Å². The van der Waals surface area contributed by atoms with Gasteiger partial charge in [0, 0.05) is 38.4 Å². The van der Waals surface area contributed by atoms with Crippen molar-refractivity contribution in [3.8, 4) is 0 Å². The van der Waals surface area contributed by atoms with Crippen molar-refractivity contribution in [1.29, 1.82) is 0 Å². The maximum Gasteiger partial charge on any atom is 0.0367 e. The third-order valence-corrected chi connectivity index (χ3v) is 5.12. The van der Waals surface area contributed by atoms with E-state index in [0.717, 1.165) is 19.0 Å². The van der Waals surface area contributed by atoms with Crippen LogP contribution in [0.2, 0.25) is 0 Å². The second kappa shape index (κ2) is 7.15. The van der Waals surface area contributed by atoms with Crippen LogP contribution in [-0.4, -0.2) is 37.6 Å². The molecule has 1 fully saturated rings. The van der Waals surface area contributed by atoms with Crippen LogP contribution in [0.5, 0.6) is 0 Å². The largest absolute Gasteiger partial charge is 0.369 e. The lowest BCUT2D eigenvalue weighted by Gasteiger charge is -2.37. The molecular weight excluding hydrogens is 268 g/mol. The Morgan fingerprint density at radius 2 is 1.86 bits per heavy atom. The summed E-state index contributed by atoms with van der Waals surface area (Å²) < 4.78 is 0. The Morgan fingerprint density at radius 1 is 1.14 bits per heavy atom. The molecule has 1 aliphatic heterocycles. The fourth-order valence-electron chi connectivity index (χ4n) is 3.57. The van der Waals surface area contributed by atoms with Gasteiger partial charge in [0.15, 0.2) is 0 Å². The molecule has 1 aromatic carbocycles. The van der Waals surface area contributed by atoms with Crippen LogP contribution in [0, 0.1) is 5.92 Å². The molecule has 1 unspecified atom stereocenters. The SMILES string of the molecule is C=C(C)C1CC=C(CN2CCN(c3ccccc3)CC2)CC1. The van der Waals surface area contributed by atoms with Crippen LogP contribution in [0.1, 0.15) is 26.2 Å². The van der Waals surface area contributed by atoms with Crippen LogP contribution in [0.3, 0.4) is 0 Å². The van der Waals surface area contributed by atoms with E-state index >= 15 is 0 Å². The standard InChI is InChI=1S/C20H28N2/c1-17(2)19-10-8-18(9-11-19)16-21-12-14-22(15-13-21)20-6-4-3-5-7-20/h3-8,19H,1,9-16H2,2H3. The van der Waals surface area contributed by atoms with E-state index in [1.807, 2.05) is 0 Å². The maximum absolute atomic E-state index is 4.11. The molecule has 0 N–H and O–H groups in total. The number of para-hydroxylation sites is 1. The minimum atomic E-state index is 0.721. The molecule has 2 nitrogen and oxygen atoms in total. The fourth-order valence-corrected chi connectivity index (χ4v) is 3.57. The van der Waals surface area contributed by atoms with Crippen molar-refractivity contribution in [2.45, 2.75) is 26.2 Å². The first kappa shape index (κ1) is 15.4. The third kappa shape index (κ3) is 3.80. The van der Waals surface area contributed by atoms with E-state index in [4.69, 9.17) is 0 Å². The van der Waals surface area contributed by atoms with Gasteiger partial charge < -0.3 is 4.90 Å². The van der Waals surface area contributed by atoms with Gasteiger partial charge in [-0.3, -0.25) is 4.90 Å². The highest BCUT2D eigenvalue weighted by Crippen LogP contribution is 2.28. The Labute approximate surface area is 135 Å². The predicted molar refractivity (Wildman–Crippen MR) is 95.3 cm³/mol. The number of piperazine rings is 1. The van der Waals surface area contributed by atoms with Crippen molar-refractivity contribution >= 4 is 5.69 Å². The summed E-state index contributed by atoms with van der Waals surface area (Å²) in [7, 11) is 0. The molecule has 3 rings (SSSR count). The second-order valence-electron chi connectivity index (χ2n) is 6.78. The number of benzene rings is 1. The number of allylic oxidation sites excluding steroid dienone is 2. The number of hydrogen-bond donors (Lipinski definition) is 0. The van der Waals surface area contributed by atoms with Gasteiger partial charge in [0.25, 0.3) is 0 Å². The van der Waals surface area contributed by atoms with E-state index in [2.05, 4.69) is 59.7 Å². The van der Waals surface area contributed by atoms with Crippen molar-refractivity contribution in [2.75, 3.05) is 37.6 Å². The quantitative estimate of drug-likeness (QED) is 0.771. The molecule has 1 atom stereocenters.